The highest BCUT2D eigenvalue weighted by atomic mass is 32.2. The van der Waals surface area contributed by atoms with Crippen LogP contribution in [0.3, 0.4) is 0 Å². The number of nitrogens with one attached hydrogen (secondary N) is 1. The molecule has 0 amide bonds. The Morgan fingerprint density at radius 3 is 2.94 bits per heavy atom. The molecule has 94 valence electrons. The van der Waals surface area contributed by atoms with E-state index in [1.54, 1.807) is 6.20 Å². The molecule has 0 radical (unpaired) electrons. The van der Waals surface area contributed by atoms with Crippen LogP contribution >= 0.6 is 0 Å². The number of sulfonamides is 1. The predicted molar refractivity (Wildman–Crippen MR) is 65.2 cm³/mol. The third kappa shape index (κ3) is 2.73. The van der Waals surface area contributed by atoms with Crippen LogP contribution in [-0.2, 0) is 23.0 Å². The second-order valence-corrected chi connectivity index (χ2v) is 6.02. The summed E-state index contributed by atoms with van der Waals surface area (Å²) in [7, 11) is -3.13. The van der Waals surface area contributed by atoms with Crippen LogP contribution in [0.4, 0.5) is 5.95 Å². The molecule has 6 nitrogen and oxygen atoms in total. The zero-order valence-corrected chi connectivity index (χ0v) is 10.8. The van der Waals surface area contributed by atoms with Crippen LogP contribution in [0.5, 0.6) is 0 Å². The summed E-state index contributed by atoms with van der Waals surface area (Å²) < 4.78 is 24.3. The first kappa shape index (κ1) is 12.3. The summed E-state index contributed by atoms with van der Waals surface area (Å²) in [6.07, 6.45) is 3.58. The van der Waals surface area contributed by atoms with Crippen molar-refractivity contribution in [3.8, 4) is 0 Å². The van der Waals surface area contributed by atoms with Crippen molar-refractivity contribution in [1.29, 1.82) is 0 Å². The third-order valence-corrected chi connectivity index (χ3v) is 3.95. The predicted octanol–water partition coefficient (Wildman–Crippen LogP) is 0.226. The molecule has 0 unspecified atom stereocenters. The van der Waals surface area contributed by atoms with E-state index in [1.165, 1.54) is 10.6 Å². The quantitative estimate of drug-likeness (QED) is 0.837. The molecular formula is C10H16N4O2S. The van der Waals surface area contributed by atoms with Gasteiger partial charge in [-0.3, -0.25) is 0 Å². The van der Waals surface area contributed by atoms with E-state index in [0.717, 1.165) is 17.8 Å². The van der Waals surface area contributed by atoms with Crippen molar-refractivity contribution in [2.75, 3.05) is 24.7 Å². The fourth-order valence-corrected chi connectivity index (χ4v) is 2.61. The largest absolute Gasteiger partial charge is 0.354 e. The van der Waals surface area contributed by atoms with E-state index in [1.807, 2.05) is 6.92 Å². The van der Waals surface area contributed by atoms with Crippen molar-refractivity contribution < 1.29 is 8.42 Å². The number of hydrogen-bond donors (Lipinski definition) is 1. The van der Waals surface area contributed by atoms with Crippen molar-refractivity contribution in [3.05, 3.63) is 17.5 Å². The minimum Gasteiger partial charge on any atom is -0.354 e. The van der Waals surface area contributed by atoms with Gasteiger partial charge in [0.05, 0.1) is 11.9 Å². The monoisotopic (exact) mass is 256 g/mol. The molecule has 17 heavy (non-hydrogen) atoms. The molecule has 0 aromatic carbocycles. The van der Waals surface area contributed by atoms with Gasteiger partial charge in [-0.1, -0.05) is 0 Å². The van der Waals surface area contributed by atoms with Crippen LogP contribution in [0.25, 0.3) is 0 Å². The zero-order chi connectivity index (χ0) is 12.5. The zero-order valence-electron chi connectivity index (χ0n) is 9.97. The van der Waals surface area contributed by atoms with Gasteiger partial charge in [-0.15, -0.1) is 0 Å². The van der Waals surface area contributed by atoms with E-state index in [2.05, 4.69) is 15.3 Å². The number of anilines is 1. The molecule has 0 spiro atoms. The minimum atomic E-state index is -3.13. The van der Waals surface area contributed by atoms with E-state index >= 15 is 0 Å². The van der Waals surface area contributed by atoms with Gasteiger partial charge in [-0.05, 0) is 6.92 Å². The Morgan fingerprint density at radius 2 is 2.29 bits per heavy atom. The molecule has 0 fully saturated rings. The molecule has 0 aliphatic carbocycles. The number of nitrogens with zero attached hydrogens (tertiary/aromatic N) is 3. The smallest absolute Gasteiger partial charge is 0.222 e. The van der Waals surface area contributed by atoms with Gasteiger partial charge in [0.1, 0.15) is 0 Å². The van der Waals surface area contributed by atoms with Crippen molar-refractivity contribution in [2.45, 2.75) is 19.9 Å². The van der Waals surface area contributed by atoms with Crippen LogP contribution in [0, 0.1) is 0 Å². The summed E-state index contributed by atoms with van der Waals surface area (Å²) in [4.78, 5) is 8.53. The topological polar surface area (TPSA) is 75.2 Å². The van der Waals surface area contributed by atoms with Gasteiger partial charge in [0, 0.05) is 37.8 Å². The Kier molecular flexibility index (Phi) is 3.30. The molecule has 0 saturated carbocycles. The molecular weight excluding hydrogens is 240 g/mol. The summed E-state index contributed by atoms with van der Waals surface area (Å²) in [6.45, 7) is 3.62. The van der Waals surface area contributed by atoms with Crippen molar-refractivity contribution in [1.82, 2.24) is 14.3 Å². The Morgan fingerprint density at radius 1 is 1.53 bits per heavy atom. The fourth-order valence-electron chi connectivity index (χ4n) is 1.82. The Bertz CT molecular complexity index is 515. The first-order valence-corrected chi connectivity index (χ1v) is 7.39. The molecule has 7 heteroatoms. The van der Waals surface area contributed by atoms with Gasteiger partial charge in [-0.2, -0.15) is 4.31 Å². The lowest BCUT2D eigenvalue weighted by Crippen LogP contribution is -2.35. The second-order valence-electron chi connectivity index (χ2n) is 4.04. The van der Waals surface area contributed by atoms with E-state index in [-0.39, 0.29) is 0 Å². The van der Waals surface area contributed by atoms with Gasteiger partial charge in [0.25, 0.3) is 0 Å². The maximum absolute atomic E-state index is 11.4. The molecule has 1 aliphatic heterocycles. The van der Waals surface area contributed by atoms with Crippen LogP contribution < -0.4 is 5.32 Å². The van der Waals surface area contributed by atoms with Crippen molar-refractivity contribution >= 4 is 16.0 Å². The first-order chi connectivity index (χ1) is 8.00. The van der Waals surface area contributed by atoms with Gasteiger partial charge in [-0.25, -0.2) is 18.4 Å². The van der Waals surface area contributed by atoms with Gasteiger partial charge in [0.15, 0.2) is 0 Å². The van der Waals surface area contributed by atoms with Crippen LogP contribution in [0.15, 0.2) is 6.20 Å². The highest BCUT2D eigenvalue weighted by Crippen LogP contribution is 2.19. The van der Waals surface area contributed by atoms with Crippen LogP contribution in [0.2, 0.25) is 0 Å². The highest BCUT2D eigenvalue weighted by Gasteiger charge is 2.24. The van der Waals surface area contributed by atoms with Crippen LogP contribution in [0.1, 0.15) is 18.2 Å². The standard InChI is InChI=1S/C10H16N4O2S/c1-3-11-10-12-6-8-7-14(17(2,15)16)5-4-9(8)13-10/h6H,3-5,7H2,1-2H3,(H,11,12,13). The minimum absolute atomic E-state index is 0.376. The normalized spacial score (nSPS) is 16.6. The molecule has 1 aromatic rings. The second kappa shape index (κ2) is 4.58. The molecule has 1 N–H and O–H groups in total. The number of rotatable bonds is 3. The number of hydrogen-bond acceptors (Lipinski definition) is 5. The van der Waals surface area contributed by atoms with Crippen molar-refractivity contribution in [3.63, 3.8) is 0 Å². The summed E-state index contributed by atoms with van der Waals surface area (Å²) in [6, 6.07) is 0. The van der Waals surface area contributed by atoms with E-state index in [4.69, 9.17) is 0 Å². The third-order valence-electron chi connectivity index (χ3n) is 2.70. The van der Waals surface area contributed by atoms with E-state index < -0.39 is 10.0 Å². The number of fused-ring (bicyclic) bond motifs is 1. The Hall–Kier alpha value is -1.21. The SMILES string of the molecule is CCNc1ncc2c(n1)CCN(S(C)(=O)=O)C2. The van der Waals surface area contributed by atoms with Crippen LogP contribution in [-0.4, -0.2) is 42.0 Å². The lowest BCUT2D eigenvalue weighted by Gasteiger charge is -2.25. The van der Waals surface area contributed by atoms with Crippen molar-refractivity contribution in [2.24, 2.45) is 0 Å². The molecule has 1 aliphatic rings. The molecule has 0 saturated heterocycles. The fraction of sp³-hybridized carbons (Fsp3) is 0.600. The lowest BCUT2D eigenvalue weighted by molar-refractivity contribution is 0.390. The molecule has 0 atom stereocenters. The number of aromatic nitrogens is 2. The molecule has 2 rings (SSSR count). The summed E-state index contributed by atoms with van der Waals surface area (Å²) >= 11 is 0. The lowest BCUT2D eigenvalue weighted by atomic mass is 10.1. The van der Waals surface area contributed by atoms with E-state index in [0.29, 0.717) is 25.5 Å². The maximum atomic E-state index is 11.4. The van der Waals surface area contributed by atoms with Gasteiger partial charge < -0.3 is 5.32 Å². The Labute approximate surface area is 101 Å². The maximum Gasteiger partial charge on any atom is 0.222 e. The molecule has 0 bridgehead atoms. The van der Waals surface area contributed by atoms with E-state index in [9.17, 15) is 8.42 Å². The van der Waals surface area contributed by atoms with Gasteiger partial charge >= 0.3 is 0 Å². The molecule has 1 aromatic heterocycles. The highest BCUT2D eigenvalue weighted by molar-refractivity contribution is 7.88. The van der Waals surface area contributed by atoms with Gasteiger partial charge in [0.2, 0.25) is 16.0 Å². The average Bonchev–Trinajstić information content (AvgIpc) is 2.27. The summed E-state index contributed by atoms with van der Waals surface area (Å²) in [5, 5.41) is 3.05. The molecule has 2 heterocycles. The average molecular weight is 256 g/mol. The first-order valence-electron chi connectivity index (χ1n) is 5.54. The Balaban J connectivity index is 2.23. The summed E-state index contributed by atoms with van der Waals surface area (Å²) in [5.41, 5.74) is 1.83. The summed E-state index contributed by atoms with van der Waals surface area (Å²) in [5.74, 6) is 0.610.